The van der Waals surface area contributed by atoms with Crippen LogP contribution >= 0.6 is 0 Å². The van der Waals surface area contributed by atoms with Crippen LogP contribution < -0.4 is 0 Å². The van der Waals surface area contributed by atoms with Crippen LogP contribution in [-0.2, 0) is 9.47 Å². The molecule has 0 radical (unpaired) electrons. The van der Waals surface area contributed by atoms with Gasteiger partial charge in [-0.1, -0.05) is 0 Å². The van der Waals surface area contributed by atoms with E-state index in [-0.39, 0.29) is 0 Å². The monoisotopic (exact) mass is 254 g/mol. The second-order valence-corrected chi connectivity index (χ2v) is 3.92. The van der Waals surface area contributed by atoms with E-state index in [0.717, 1.165) is 0 Å². The minimum absolute atomic E-state index is 0.732. The van der Waals surface area contributed by atoms with Crippen LogP contribution in [0.25, 0.3) is 0 Å². The summed E-state index contributed by atoms with van der Waals surface area (Å²) >= 11 is 0. The van der Waals surface area contributed by atoms with Crippen molar-refractivity contribution < 1.29 is 40.1 Å². The maximum absolute atomic E-state index is 9.59. The molecule has 17 heavy (non-hydrogen) atoms. The topological polar surface area (TPSA) is 140 Å². The first-order valence-electron chi connectivity index (χ1n) is 5.13. The molecule has 1 aliphatic heterocycles. The van der Waals surface area contributed by atoms with Gasteiger partial charge in [0.2, 0.25) is 0 Å². The highest BCUT2D eigenvalue weighted by molar-refractivity contribution is 4.94. The first-order valence-corrected chi connectivity index (χ1v) is 5.13. The maximum atomic E-state index is 9.59. The summed E-state index contributed by atoms with van der Waals surface area (Å²) in [6.07, 6.45) is -10.4. The van der Waals surface area contributed by atoms with Gasteiger partial charge in [0.25, 0.3) is 0 Å². The summed E-state index contributed by atoms with van der Waals surface area (Å²) in [7, 11) is 1.21. The summed E-state index contributed by atoms with van der Waals surface area (Å²) in [5.41, 5.74) is 0. The Labute approximate surface area is 97.6 Å². The van der Waals surface area contributed by atoms with Crippen molar-refractivity contribution in [3.05, 3.63) is 0 Å². The molecule has 1 rings (SSSR count). The van der Waals surface area contributed by atoms with Crippen molar-refractivity contribution in [1.29, 1.82) is 0 Å². The Hall–Kier alpha value is -0.320. The smallest absolute Gasteiger partial charge is 0.186 e. The molecule has 7 atom stereocenters. The van der Waals surface area contributed by atoms with Gasteiger partial charge >= 0.3 is 0 Å². The van der Waals surface area contributed by atoms with Crippen molar-refractivity contribution >= 4 is 0 Å². The molecule has 0 aromatic rings. The van der Waals surface area contributed by atoms with Crippen LogP contribution in [0.15, 0.2) is 0 Å². The molecule has 8 nitrogen and oxygen atoms in total. The van der Waals surface area contributed by atoms with Crippen LogP contribution in [0.1, 0.15) is 0 Å². The molecule has 0 aromatic carbocycles. The Balaban J connectivity index is 2.78. The molecular weight excluding hydrogens is 236 g/mol. The molecule has 0 aromatic heterocycles. The standard InChI is InChI=1S/C9H18O8/c1-16-9-7(15)5(13)6(14)8(17-9)4(12)3(11)2-10/h3-15H,2H2,1H3/t3-,4+,5-,6+,7+,8+,9-/m0/s1. The second-order valence-electron chi connectivity index (χ2n) is 3.92. The van der Waals surface area contributed by atoms with Crippen molar-refractivity contribution in [3.8, 4) is 0 Å². The van der Waals surface area contributed by atoms with E-state index in [1.807, 2.05) is 0 Å². The van der Waals surface area contributed by atoms with Gasteiger partial charge in [-0.15, -0.1) is 0 Å². The Morgan fingerprint density at radius 1 is 1.12 bits per heavy atom. The average molecular weight is 254 g/mol. The lowest BCUT2D eigenvalue weighted by molar-refractivity contribution is -0.309. The Bertz CT molecular complexity index is 231. The third-order valence-corrected chi connectivity index (χ3v) is 2.76. The fourth-order valence-electron chi connectivity index (χ4n) is 1.68. The first kappa shape index (κ1) is 14.7. The number of aliphatic hydroxyl groups excluding tert-OH is 6. The number of hydrogen-bond donors (Lipinski definition) is 6. The third kappa shape index (κ3) is 2.92. The highest BCUT2D eigenvalue weighted by Crippen LogP contribution is 2.24. The summed E-state index contributed by atoms with van der Waals surface area (Å²) in [6, 6.07) is 0. The van der Waals surface area contributed by atoms with E-state index in [2.05, 4.69) is 0 Å². The highest BCUT2D eigenvalue weighted by Gasteiger charge is 2.47. The minimum atomic E-state index is -1.62. The van der Waals surface area contributed by atoms with Gasteiger partial charge in [0, 0.05) is 7.11 Å². The van der Waals surface area contributed by atoms with Crippen molar-refractivity contribution in [2.45, 2.75) is 42.9 Å². The Morgan fingerprint density at radius 3 is 2.18 bits per heavy atom. The lowest BCUT2D eigenvalue weighted by Gasteiger charge is -2.42. The predicted octanol–water partition coefficient (Wildman–Crippen LogP) is -3.85. The quantitative estimate of drug-likeness (QED) is 0.300. The molecule has 8 heteroatoms. The molecule has 0 saturated carbocycles. The van der Waals surface area contributed by atoms with Gasteiger partial charge in [0.05, 0.1) is 6.61 Å². The SMILES string of the molecule is CO[C@H]1O[C@H]([C@H](O)[C@@H](O)CO)[C@H](O)[C@H](O)[C@H]1O. The molecule has 1 saturated heterocycles. The largest absolute Gasteiger partial charge is 0.394 e. The van der Waals surface area contributed by atoms with Gasteiger partial charge in [-0.05, 0) is 0 Å². The van der Waals surface area contributed by atoms with Gasteiger partial charge in [0.15, 0.2) is 6.29 Å². The molecule has 1 fully saturated rings. The molecule has 0 unspecified atom stereocenters. The summed E-state index contributed by atoms with van der Waals surface area (Å²) in [5.74, 6) is 0. The number of hydrogen-bond acceptors (Lipinski definition) is 8. The number of aliphatic hydroxyl groups is 6. The number of rotatable bonds is 4. The van der Waals surface area contributed by atoms with Crippen molar-refractivity contribution in [2.24, 2.45) is 0 Å². The zero-order valence-corrected chi connectivity index (χ0v) is 9.25. The number of ether oxygens (including phenoxy) is 2. The van der Waals surface area contributed by atoms with Crippen LogP contribution in [-0.4, -0.2) is 87.3 Å². The molecule has 0 aliphatic carbocycles. The normalized spacial score (nSPS) is 42.2. The summed E-state index contributed by atoms with van der Waals surface area (Å²) in [4.78, 5) is 0. The molecule has 0 spiro atoms. The molecule has 6 N–H and O–H groups in total. The van der Waals surface area contributed by atoms with E-state index in [1.54, 1.807) is 0 Å². The fourth-order valence-corrected chi connectivity index (χ4v) is 1.68. The van der Waals surface area contributed by atoms with Gasteiger partial charge in [-0.25, -0.2) is 0 Å². The lowest BCUT2D eigenvalue weighted by Crippen LogP contribution is -2.62. The predicted molar refractivity (Wildman–Crippen MR) is 52.8 cm³/mol. The van der Waals surface area contributed by atoms with E-state index in [9.17, 15) is 25.5 Å². The second kappa shape index (κ2) is 6.03. The molecular formula is C9H18O8. The van der Waals surface area contributed by atoms with Gasteiger partial charge < -0.3 is 40.1 Å². The van der Waals surface area contributed by atoms with Crippen LogP contribution in [0.4, 0.5) is 0 Å². The van der Waals surface area contributed by atoms with E-state index >= 15 is 0 Å². The van der Waals surface area contributed by atoms with Crippen LogP contribution in [0.2, 0.25) is 0 Å². The maximum Gasteiger partial charge on any atom is 0.186 e. The van der Waals surface area contributed by atoms with E-state index in [4.69, 9.17) is 14.6 Å². The van der Waals surface area contributed by atoms with Crippen molar-refractivity contribution in [1.82, 2.24) is 0 Å². The third-order valence-electron chi connectivity index (χ3n) is 2.76. The van der Waals surface area contributed by atoms with Gasteiger partial charge in [-0.2, -0.15) is 0 Å². The Morgan fingerprint density at radius 2 is 1.71 bits per heavy atom. The zero-order valence-electron chi connectivity index (χ0n) is 9.25. The summed E-state index contributed by atoms with van der Waals surface area (Å²) < 4.78 is 9.73. The summed E-state index contributed by atoms with van der Waals surface area (Å²) in [6.45, 7) is -0.732. The van der Waals surface area contributed by atoms with Gasteiger partial charge in [-0.3, -0.25) is 0 Å². The van der Waals surface area contributed by atoms with Crippen molar-refractivity contribution in [2.75, 3.05) is 13.7 Å². The van der Waals surface area contributed by atoms with Crippen LogP contribution in [0.5, 0.6) is 0 Å². The van der Waals surface area contributed by atoms with Crippen molar-refractivity contribution in [3.63, 3.8) is 0 Å². The molecule has 0 bridgehead atoms. The van der Waals surface area contributed by atoms with Gasteiger partial charge in [0.1, 0.15) is 36.6 Å². The fraction of sp³-hybridized carbons (Fsp3) is 1.00. The first-order chi connectivity index (χ1) is 7.93. The molecule has 0 amide bonds. The average Bonchev–Trinajstić information content (AvgIpc) is 2.34. The van der Waals surface area contributed by atoms with E-state index < -0.39 is 49.5 Å². The van der Waals surface area contributed by atoms with E-state index in [0.29, 0.717) is 0 Å². The minimum Gasteiger partial charge on any atom is -0.394 e. The highest BCUT2D eigenvalue weighted by atomic mass is 16.7. The van der Waals surface area contributed by atoms with E-state index in [1.165, 1.54) is 7.11 Å². The lowest BCUT2D eigenvalue weighted by atomic mass is 9.93. The summed E-state index contributed by atoms with van der Waals surface area (Å²) in [5, 5.41) is 56.0. The van der Waals surface area contributed by atoms with Crippen LogP contribution in [0, 0.1) is 0 Å². The van der Waals surface area contributed by atoms with Crippen LogP contribution in [0.3, 0.4) is 0 Å². The molecule has 1 heterocycles. The molecule has 102 valence electrons. The number of methoxy groups -OCH3 is 1. The zero-order chi connectivity index (χ0) is 13.2. The Kier molecular flexibility index (Phi) is 5.22. The molecule has 1 aliphatic rings.